The molecule has 0 aliphatic carbocycles. The van der Waals surface area contributed by atoms with E-state index in [9.17, 15) is 0 Å². The average molecular weight is 389 g/mol. The van der Waals surface area contributed by atoms with Gasteiger partial charge in [0.25, 0.3) is 0 Å². The van der Waals surface area contributed by atoms with Crippen molar-refractivity contribution < 1.29 is 9.47 Å². The Bertz CT molecular complexity index is 1120. The number of fused-ring (bicyclic) bond motifs is 1. The van der Waals surface area contributed by atoms with Gasteiger partial charge in [0.2, 0.25) is 5.88 Å². The number of pyridine rings is 2. The summed E-state index contributed by atoms with van der Waals surface area (Å²) in [5.74, 6) is 0.560. The summed E-state index contributed by atoms with van der Waals surface area (Å²) in [6, 6.07) is 7.72. The third-order valence-corrected chi connectivity index (χ3v) is 4.80. The summed E-state index contributed by atoms with van der Waals surface area (Å²) in [5, 5.41) is 0. The fourth-order valence-electron chi connectivity index (χ4n) is 3.06. The first-order chi connectivity index (χ1) is 14.0. The number of nitrogens with zero attached hydrogens (tertiary/aromatic N) is 5. The van der Waals surface area contributed by atoms with Crippen LogP contribution in [0.4, 0.5) is 0 Å². The zero-order chi connectivity index (χ0) is 20.4. The Kier molecular flexibility index (Phi) is 4.98. The SMILES string of the molecule is COC(C)(C)COc1ccc(-c2c(C)nc3c(-c4ccncc4)nccn23)cn1. The summed E-state index contributed by atoms with van der Waals surface area (Å²) in [6.07, 6.45) is 9.01. The third kappa shape index (κ3) is 3.82. The molecule has 4 heterocycles. The van der Waals surface area contributed by atoms with Crippen LogP contribution in [0.2, 0.25) is 0 Å². The van der Waals surface area contributed by atoms with E-state index >= 15 is 0 Å². The lowest BCUT2D eigenvalue weighted by Crippen LogP contribution is -2.30. The van der Waals surface area contributed by atoms with Gasteiger partial charge >= 0.3 is 0 Å². The summed E-state index contributed by atoms with van der Waals surface area (Å²) in [4.78, 5) is 17.8. The molecule has 0 amide bonds. The Morgan fingerprint density at radius 3 is 2.48 bits per heavy atom. The van der Waals surface area contributed by atoms with Crippen LogP contribution in [0.15, 0.2) is 55.2 Å². The Morgan fingerprint density at radius 2 is 1.79 bits per heavy atom. The van der Waals surface area contributed by atoms with Crippen molar-refractivity contribution in [3.8, 4) is 28.4 Å². The van der Waals surface area contributed by atoms with Gasteiger partial charge in [-0.1, -0.05) is 0 Å². The fraction of sp³-hybridized carbons (Fsp3) is 0.273. The van der Waals surface area contributed by atoms with E-state index in [1.807, 2.05) is 55.6 Å². The number of rotatable bonds is 6. The van der Waals surface area contributed by atoms with Crippen LogP contribution in [0, 0.1) is 6.92 Å². The van der Waals surface area contributed by atoms with E-state index in [2.05, 4.69) is 15.0 Å². The minimum Gasteiger partial charge on any atom is -0.475 e. The lowest BCUT2D eigenvalue weighted by atomic mass is 10.1. The van der Waals surface area contributed by atoms with Crippen LogP contribution in [-0.2, 0) is 4.74 Å². The highest BCUT2D eigenvalue weighted by Crippen LogP contribution is 2.29. The molecule has 7 nitrogen and oxygen atoms in total. The summed E-state index contributed by atoms with van der Waals surface area (Å²) >= 11 is 0. The smallest absolute Gasteiger partial charge is 0.213 e. The summed E-state index contributed by atoms with van der Waals surface area (Å²) in [7, 11) is 1.67. The van der Waals surface area contributed by atoms with E-state index in [1.54, 1.807) is 31.9 Å². The zero-order valence-electron chi connectivity index (χ0n) is 17.0. The van der Waals surface area contributed by atoms with Gasteiger partial charge in [0.1, 0.15) is 12.3 Å². The second-order valence-electron chi connectivity index (χ2n) is 7.39. The number of aromatic nitrogens is 5. The molecule has 7 heteroatoms. The van der Waals surface area contributed by atoms with Crippen LogP contribution in [-0.4, -0.2) is 43.7 Å². The molecule has 29 heavy (non-hydrogen) atoms. The molecule has 0 aliphatic rings. The monoisotopic (exact) mass is 389 g/mol. The van der Waals surface area contributed by atoms with Crippen LogP contribution in [0.25, 0.3) is 28.2 Å². The molecule has 148 valence electrons. The van der Waals surface area contributed by atoms with Gasteiger partial charge in [-0.2, -0.15) is 0 Å². The third-order valence-electron chi connectivity index (χ3n) is 4.80. The number of methoxy groups -OCH3 is 1. The number of hydrogen-bond acceptors (Lipinski definition) is 6. The van der Waals surface area contributed by atoms with Gasteiger partial charge in [-0.05, 0) is 39.0 Å². The van der Waals surface area contributed by atoms with Crippen LogP contribution in [0.5, 0.6) is 5.88 Å². The number of ether oxygens (including phenoxy) is 2. The number of hydrogen-bond donors (Lipinski definition) is 0. The molecule has 0 bridgehead atoms. The largest absolute Gasteiger partial charge is 0.475 e. The summed E-state index contributed by atoms with van der Waals surface area (Å²) < 4.78 is 13.2. The van der Waals surface area contributed by atoms with Crippen LogP contribution < -0.4 is 4.74 Å². The molecule has 4 rings (SSSR count). The molecule has 0 N–H and O–H groups in total. The van der Waals surface area contributed by atoms with Crippen molar-refractivity contribution in [2.75, 3.05) is 13.7 Å². The molecule has 0 spiro atoms. The van der Waals surface area contributed by atoms with Crippen molar-refractivity contribution in [2.24, 2.45) is 0 Å². The molecule has 0 radical (unpaired) electrons. The minimum atomic E-state index is -0.366. The van der Waals surface area contributed by atoms with Gasteiger partial charge in [-0.25, -0.2) is 9.97 Å². The van der Waals surface area contributed by atoms with Gasteiger partial charge in [0.05, 0.1) is 17.0 Å². The zero-order valence-corrected chi connectivity index (χ0v) is 17.0. The van der Waals surface area contributed by atoms with Gasteiger partial charge in [0, 0.05) is 55.3 Å². The highest BCUT2D eigenvalue weighted by atomic mass is 16.5. The first-order valence-corrected chi connectivity index (χ1v) is 9.37. The molecule has 4 aromatic rings. The molecule has 0 atom stereocenters. The Morgan fingerprint density at radius 1 is 1.00 bits per heavy atom. The summed E-state index contributed by atoms with van der Waals surface area (Å²) in [6.45, 7) is 6.35. The van der Waals surface area contributed by atoms with E-state index in [0.29, 0.717) is 12.5 Å². The molecule has 0 saturated heterocycles. The Labute approximate surface area is 169 Å². The van der Waals surface area contributed by atoms with Gasteiger partial charge in [-0.15, -0.1) is 0 Å². The predicted molar refractivity (Wildman–Crippen MR) is 111 cm³/mol. The topological polar surface area (TPSA) is 74.4 Å². The molecule has 0 aliphatic heterocycles. The highest BCUT2D eigenvalue weighted by Gasteiger charge is 2.18. The Hall–Kier alpha value is -3.32. The van der Waals surface area contributed by atoms with Gasteiger partial charge in [-0.3, -0.25) is 14.4 Å². The minimum absolute atomic E-state index is 0.366. The van der Waals surface area contributed by atoms with Crippen molar-refractivity contribution >= 4 is 5.65 Å². The molecule has 4 aromatic heterocycles. The van der Waals surface area contributed by atoms with E-state index in [4.69, 9.17) is 14.5 Å². The van der Waals surface area contributed by atoms with Crippen molar-refractivity contribution in [3.63, 3.8) is 0 Å². The maximum atomic E-state index is 5.75. The van der Waals surface area contributed by atoms with E-state index < -0.39 is 0 Å². The van der Waals surface area contributed by atoms with Crippen LogP contribution in [0.3, 0.4) is 0 Å². The van der Waals surface area contributed by atoms with Gasteiger partial charge in [0.15, 0.2) is 5.65 Å². The number of aryl methyl sites for hydroxylation is 1. The van der Waals surface area contributed by atoms with E-state index in [0.717, 1.165) is 33.9 Å². The van der Waals surface area contributed by atoms with Crippen molar-refractivity contribution in [2.45, 2.75) is 26.4 Å². The maximum absolute atomic E-state index is 5.75. The lowest BCUT2D eigenvalue weighted by Gasteiger charge is -2.22. The number of imidazole rings is 1. The molecular weight excluding hydrogens is 366 g/mol. The molecule has 0 aromatic carbocycles. The van der Waals surface area contributed by atoms with E-state index in [-0.39, 0.29) is 5.60 Å². The molecule has 0 unspecified atom stereocenters. The molecular formula is C22H23N5O2. The highest BCUT2D eigenvalue weighted by molar-refractivity contribution is 5.77. The second-order valence-corrected chi connectivity index (χ2v) is 7.39. The first kappa shape index (κ1) is 19.0. The summed E-state index contributed by atoms with van der Waals surface area (Å²) in [5.41, 5.74) is 5.07. The Balaban J connectivity index is 1.69. The van der Waals surface area contributed by atoms with Crippen molar-refractivity contribution in [1.29, 1.82) is 0 Å². The maximum Gasteiger partial charge on any atom is 0.213 e. The predicted octanol–water partition coefficient (Wildman–Crippen LogP) is 3.97. The fourth-order valence-corrected chi connectivity index (χ4v) is 3.06. The van der Waals surface area contributed by atoms with Crippen molar-refractivity contribution in [1.82, 2.24) is 24.3 Å². The van der Waals surface area contributed by atoms with Crippen LogP contribution >= 0.6 is 0 Å². The lowest BCUT2D eigenvalue weighted by molar-refractivity contribution is -0.0157. The van der Waals surface area contributed by atoms with Crippen LogP contribution in [0.1, 0.15) is 19.5 Å². The van der Waals surface area contributed by atoms with Gasteiger partial charge < -0.3 is 9.47 Å². The second kappa shape index (κ2) is 7.60. The first-order valence-electron chi connectivity index (χ1n) is 9.37. The van der Waals surface area contributed by atoms with Crippen molar-refractivity contribution in [3.05, 3.63) is 60.9 Å². The normalized spacial score (nSPS) is 11.7. The van der Waals surface area contributed by atoms with E-state index in [1.165, 1.54) is 0 Å². The quantitative estimate of drug-likeness (QED) is 0.497. The average Bonchev–Trinajstić information content (AvgIpc) is 3.09. The molecule has 0 saturated carbocycles. The molecule has 0 fully saturated rings. The standard InChI is InChI=1S/C22H23N5O2/c1-15-20(17-5-6-18(25-13-17)29-14-22(2,3)28-4)27-12-11-24-19(21(27)26-15)16-7-9-23-10-8-16/h5-13H,14H2,1-4H3.